The highest BCUT2D eigenvalue weighted by Crippen LogP contribution is 2.31. The van der Waals surface area contributed by atoms with E-state index < -0.39 is 67.3 Å². The lowest BCUT2D eigenvalue weighted by Gasteiger charge is -2.44. The Hall–Kier alpha value is -1.51. The van der Waals surface area contributed by atoms with Gasteiger partial charge in [-0.25, -0.2) is 4.79 Å². The number of alkyl halides is 3. The third kappa shape index (κ3) is 4.31. The number of aliphatic hydroxyl groups is 5. The Bertz CT molecular complexity index is 488. The minimum Gasteiger partial charge on any atom is -0.477 e. The molecule has 6 atom stereocenters. The minimum absolute atomic E-state index is 1.09. The minimum atomic E-state index is -5.36. The van der Waals surface area contributed by atoms with Crippen molar-refractivity contribution in [2.45, 2.75) is 48.8 Å². The van der Waals surface area contributed by atoms with Crippen molar-refractivity contribution in [3.8, 4) is 0 Å². The van der Waals surface area contributed by atoms with E-state index >= 15 is 0 Å². The van der Waals surface area contributed by atoms with Gasteiger partial charge in [0.15, 0.2) is 0 Å². The van der Waals surface area contributed by atoms with Crippen LogP contribution < -0.4 is 5.32 Å². The van der Waals surface area contributed by atoms with Gasteiger partial charge in [-0.2, -0.15) is 13.2 Å². The maximum Gasteiger partial charge on any atom is 0.471 e. The molecule has 0 aromatic heterocycles. The van der Waals surface area contributed by atoms with E-state index in [4.69, 9.17) is 10.2 Å². The second-order valence-corrected chi connectivity index (χ2v) is 5.18. The molecule has 0 aromatic carbocycles. The molecule has 140 valence electrons. The zero-order valence-corrected chi connectivity index (χ0v) is 11.8. The van der Waals surface area contributed by atoms with Gasteiger partial charge in [-0.15, -0.1) is 0 Å². The lowest BCUT2D eigenvalue weighted by atomic mass is 9.88. The Kier molecular flexibility index (Phi) is 6.13. The predicted molar refractivity (Wildman–Crippen MR) is 65.2 cm³/mol. The maximum absolute atomic E-state index is 12.3. The molecule has 13 heteroatoms. The van der Waals surface area contributed by atoms with E-state index in [9.17, 15) is 43.2 Å². The van der Waals surface area contributed by atoms with Gasteiger partial charge in [-0.3, -0.25) is 4.79 Å². The van der Waals surface area contributed by atoms with E-state index in [1.165, 1.54) is 5.32 Å². The molecule has 1 fully saturated rings. The fourth-order valence-corrected chi connectivity index (χ4v) is 2.13. The Morgan fingerprint density at radius 2 is 1.88 bits per heavy atom. The quantitative estimate of drug-likeness (QED) is 0.263. The molecule has 1 aliphatic heterocycles. The van der Waals surface area contributed by atoms with Gasteiger partial charge in [-0.1, -0.05) is 0 Å². The number of hydrogen-bond donors (Lipinski definition) is 7. The van der Waals surface area contributed by atoms with Crippen LogP contribution in [0, 0.1) is 0 Å². The Labute approximate surface area is 132 Å². The van der Waals surface area contributed by atoms with Gasteiger partial charge >= 0.3 is 18.1 Å². The summed E-state index contributed by atoms with van der Waals surface area (Å²) in [5.74, 6) is -7.62. The average Bonchev–Trinajstić information content (AvgIpc) is 2.46. The van der Waals surface area contributed by atoms with Crippen molar-refractivity contribution < 1.29 is 58.1 Å². The molecule has 1 heterocycles. The predicted octanol–water partition coefficient (Wildman–Crippen LogP) is -3.33. The van der Waals surface area contributed by atoms with Gasteiger partial charge in [0.1, 0.15) is 18.3 Å². The van der Waals surface area contributed by atoms with Crippen molar-refractivity contribution in [3.63, 3.8) is 0 Å². The molecule has 1 aliphatic rings. The van der Waals surface area contributed by atoms with Gasteiger partial charge in [0, 0.05) is 6.42 Å². The smallest absolute Gasteiger partial charge is 0.471 e. The summed E-state index contributed by atoms with van der Waals surface area (Å²) in [5, 5.41) is 57.6. The number of aliphatic carboxylic acids is 1. The first-order chi connectivity index (χ1) is 10.8. The zero-order valence-electron chi connectivity index (χ0n) is 11.8. The standard InChI is InChI=1S/C11H16F3NO9/c12-11(13,14)8(20)15-5-3(17)1-10(23,9(21)22)24-7(5)6(19)4(18)2-16/h3-7,16-19,23H,1-2H2,(H,15,20)(H,21,22)/t3-,4+,5+,6+,7+,10?/m0/s1. The van der Waals surface area contributed by atoms with E-state index in [0.29, 0.717) is 0 Å². The first kappa shape index (κ1) is 20.5. The molecule has 1 saturated heterocycles. The van der Waals surface area contributed by atoms with Crippen LogP contribution in [-0.2, 0) is 14.3 Å². The van der Waals surface area contributed by atoms with Crippen molar-refractivity contribution in [1.29, 1.82) is 0 Å². The zero-order chi connectivity index (χ0) is 18.9. The molecule has 0 saturated carbocycles. The van der Waals surface area contributed by atoms with E-state index in [-0.39, 0.29) is 0 Å². The summed E-state index contributed by atoms with van der Waals surface area (Å²) >= 11 is 0. The van der Waals surface area contributed by atoms with E-state index in [0.717, 1.165) is 0 Å². The molecular weight excluding hydrogens is 347 g/mol. The lowest BCUT2D eigenvalue weighted by Crippen LogP contribution is -2.68. The van der Waals surface area contributed by atoms with E-state index in [2.05, 4.69) is 4.74 Å². The number of carbonyl (C=O) groups excluding carboxylic acids is 1. The number of aliphatic hydroxyl groups excluding tert-OH is 4. The molecule has 0 aromatic rings. The Morgan fingerprint density at radius 3 is 2.29 bits per heavy atom. The molecule has 0 aliphatic carbocycles. The normalized spacial score (nSPS) is 33.6. The highest BCUT2D eigenvalue weighted by Gasteiger charge is 2.55. The van der Waals surface area contributed by atoms with Crippen molar-refractivity contribution in [1.82, 2.24) is 5.32 Å². The summed E-state index contributed by atoms with van der Waals surface area (Å²) in [4.78, 5) is 22.0. The Balaban J connectivity index is 3.13. The molecule has 7 N–H and O–H groups in total. The van der Waals surface area contributed by atoms with Crippen LogP contribution in [-0.4, -0.2) is 91.5 Å². The average molecular weight is 363 g/mol. The molecule has 24 heavy (non-hydrogen) atoms. The summed E-state index contributed by atoms with van der Waals surface area (Å²) in [7, 11) is 0. The Morgan fingerprint density at radius 1 is 1.33 bits per heavy atom. The van der Waals surface area contributed by atoms with Crippen LogP contribution in [0.1, 0.15) is 6.42 Å². The van der Waals surface area contributed by atoms with Crippen LogP contribution in [0.15, 0.2) is 0 Å². The largest absolute Gasteiger partial charge is 0.477 e. The fourth-order valence-electron chi connectivity index (χ4n) is 2.13. The topological polar surface area (TPSA) is 177 Å². The number of halogens is 3. The van der Waals surface area contributed by atoms with Gasteiger partial charge in [0.2, 0.25) is 0 Å². The van der Waals surface area contributed by atoms with Gasteiger partial charge in [0.05, 0.1) is 18.8 Å². The molecule has 1 rings (SSSR count). The third-order valence-electron chi connectivity index (χ3n) is 3.39. The first-order valence-electron chi connectivity index (χ1n) is 6.50. The van der Waals surface area contributed by atoms with Crippen LogP contribution in [0.4, 0.5) is 13.2 Å². The number of carbonyl (C=O) groups is 2. The van der Waals surface area contributed by atoms with Crippen LogP contribution in [0.25, 0.3) is 0 Å². The molecule has 1 amide bonds. The highest BCUT2D eigenvalue weighted by atomic mass is 19.4. The van der Waals surface area contributed by atoms with Gasteiger partial charge in [0.25, 0.3) is 5.79 Å². The van der Waals surface area contributed by atoms with Crippen molar-refractivity contribution in [2.75, 3.05) is 6.61 Å². The number of ether oxygens (including phenoxy) is 1. The number of rotatable bonds is 5. The number of nitrogens with one attached hydrogen (secondary N) is 1. The molecule has 0 spiro atoms. The molecule has 1 unspecified atom stereocenters. The van der Waals surface area contributed by atoms with Crippen molar-refractivity contribution in [2.24, 2.45) is 0 Å². The number of hydrogen-bond acceptors (Lipinski definition) is 8. The van der Waals surface area contributed by atoms with Crippen LogP contribution in [0.5, 0.6) is 0 Å². The SMILES string of the molecule is O=C(N[C@H]1[C@H]([C@H](O)[C@H](O)CO)OC(O)(C(=O)O)C[C@@H]1O)C(F)(F)F. The molecule has 0 radical (unpaired) electrons. The second-order valence-electron chi connectivity index (χ2n) is 5.18. The summed E-state index contributed by atoms with van der Waals surface area (Å²) in [6, 6.07) is -2.02. The van der Waals surface area contributed by atoms with E-state index in [1.54, 1.807) is 0 Å². The monoisotopic (exact) mass is 363 g/mol. The summed E-state index contributed by atoms with van der Waals surface area (Å²) in [6.45, 7) is -1.09. The molecule has 0 bridgehead atoms. The summed E-state index contributed by atoms with van der Waals surface area (Å²) < 4.78 is 41.6. The van der Waals surface area contributed by atoms with Crippen molar-refractivity contribution in [3.05, 3.63) is 0 Å². The third-order valence-corrected chi connectivity index (χ3v) is 3.39. The van der Waals surface area contributed by atoms with Crippen LogP contribution >= 0.6 is 0 Å². The number of carboxylic acid groups (broad SMARTS) is 1. The van der Waals surface area contributed by atoms with Crippen LogP contribution in [0.3, 0.4) is 0 Å². The van der Waals surface area contributed by atoms with Crippen molar-refractivity contribution >= 4 is 11.9 Å². The number of amides is 1. The second kappa shape index (κ2) is 7.16. The van der Waals surface area contributed by atoms with E-state index in [1.807, 2.05) is 0 Å². The molecule has 10 nitrogen and oxygen atoms in total. The number of carboxylic acids is 1. The summed E-state index contributed by atoms with van der Waals surface area (Å²) in [5.41, 5.74) is 0. The summed E-state index contributed by atoms with van der Waals surface area (Å²) in [6.07, 6.45) is -15.0. The van der Waals surface area contributed by atoms with Gasteiger partial charge < -0.3 is 40.7 Å². The molecular formula is C11H16F3NO9. The highest BCUT2D eigenvalue weighted by molar-refractivity contribution is 5.82. The van der Waals surface area contributed by atoms with Gasteiger partial charge in [-0.05, 0) is 0 Å². The maximum atomic E-state index is 12.3. The van der Waals surface area contributed by atoms with Crippen LogP contribution in [0.2, 0.25) is 0 Å². The fraction of sp³-hybridized carbons (Fsp3) is 0.818. The first-order valence-corrected chi connectivity index (χ1v) is 6.50. The lowest BCUT2D eigenvalue weighted by molar-refractivity contribution is -0.295.